The molecule has 0 bridgehead atoms. The Balaban J connectivity index is 1.84. The van der Waals surface area contributed by atoms with Crippen LogP contribution < -0.4 is 5.32 Å². The van der Waals surface area contributed by atoms with Crippen molar-refractivity contribution in [1.29, 1.82) is 0 Å². The Kier molecular flexibility index (Phi) is 3.44. The molecule has 3 rings (SSSR count). The van der Waals surface area contributed by atoms with Crippen LogP contribution in [0, 0.1) is 6.92 Å². The fourth-order valence-electron chi connectivity index (χ4n) is 2.75. The number of pyridine rings is 1. The lowest BCUT2D eigenvalue weighted by molar-refractivity contribution is 0.0693. The Hall–Kier alpha value is -1.88. The molecule has 1 fully saturated rings. The number of carbonyl (C=O) groups excluding carboxylic acids is 1. The number of nitrogens with one attached hydrogen (secondary N) is 1. The van der Waals surface area contributed by atoms with Crippen LogP contribution in [0.15, 0.2) is 24.5 Å². The molecule has 5 heteroatoms. The Morgan fingerprint density at radius 2 is 2.35 bits per heavy atom. The van der Waals surface area contributed by atoms with Crippen LogP contribution in [-0.4, -0.2) is 46.4 Å². The Bertz CT molecular complexity index is 634. The molecule has 3 heterocycles. The number of aryl methyl sites for hydroxylation is 1. The number of amides is 1. The molecule has 1 unspecified atom stereocenters. The van der Waals surface area contributed by atoms with Gasteiger partial charge in [-0.1, -0.05) is 0 Å². The van der Waals surface area contributed by atoms with Crippen molar-refractivity contribution in [2.24, 2.45) is 0 Å². The lowest BCUT2D eigenvalue weighted by Gasteiger charge is -2.32. The molecule has 0 radical (unpaired) electrons. The zero-order valence-electron chi connectivity index (χ0n) is 12.0. The minimum Gasteiger partial charge on any atom is -0.336 e. The smallest absolute Gasteiger partial charge is 0.274 e. The number of hydrogen-bond acceptors (Lipinski definition) is 3. The number of imidazole rings is 1. The summed E-state index contributed by atoms with van der Waals surface area (Å²) in [4.78, 5) is 18.9. The highest BCUT2D eigenvalue weighted by molar-refractivity contribution is 5.93. The van der Waals surface area contributed by atoms with Gasteiger partial charge in [0.1, 0.15) is 11.3 Å². The summed E-state index contributed by atoms with van der Waals surface area (Å²) in [5.74, 6) is 0.0336. The van der Waals surface area contributed by atoms with E-state index in [0.717, 1.165) is 37.1 Å². The molecule has 1 atom stereocenters. The summed E-state index contributed by atoms with van der Waals surface area (Å²) in [5, 5.41) is 3.25. The predicted molar refractivity (Wildman–Crippen MR) is 77.9 cm³/mol. The highest BCUT2D eigenvalue weighted by Crippen LogP contribution is 2.14. The van der Waals surface area contributed by atoms with Gasteiger partial charge in [-0.2, -0.15) is 0 Å². The van der Waals surface area contributed by atoms with Crippen LogP contribution >= 0.6 is 0 Å². The Morgan fingerprint density at radius 3 is 3.15 bits per heavy atom. The van der Waals surface area contributed by atoms with Gasteiger partial charge >= 0.3 is 0 Å². The number of likely N-dealkylation sites (tertiary alicyclic amines) is 1. The van der Waals surface area contributed by atoms with Gasteiger partial charge in [-0.05, 0) is 44.5 Å². The molecule has 1 aliphatic rings. The second-order valence-electron chi connectivity index (χ2n) is 5.47. The number of nitrogens with zero attached hydrogens (tertiary/aromatic N) is 3. The zero-order chi connectivity index (χ0) is 14.1. The highest BCUT2D eigenvalue weighted by Gasteiger charge is 2.25. The minimum atomic E-state index is 0.0336. The van der Waals surface area contributed by atoms with E-state index in [1.807, 2.05) is 47.8 Å². The molecule has 0 aliphatic carbocycles. The molecule has 5 nitrogen and oxygen atoms in total. The van der Waals surface area contributed by atoms with Crippen molar-refractivity contribution in [3.8, 4) is 0 Å². The van der Waals surface area contributed by atoms with Gasteiger partial charge in [0.2, 0.25) is 0 Å². The topological polar surface area (TPSA) is 49.6 Å². The molecule has 0 aromatic carbocycles. The number of aromatic nitrogens is 2. The monoisotopic (exact) mass is 272 g/mol. The van der Waals surface area contributed by atoms with Gasteiger partial charge < -0.3 is 14.6 Å². The van der Waals surface area contributed by atoms with Crippen molar-refractivity contribution in [3.63, 3.8) is 0 Å². The Morgan fingerprint density at radius 1 is 1.50 bits per heavy atom. The van der Waals surface area contributed by atoms with Gasteiger partial charge in [0.15, 0.2) is 0 Å². The lowest BCUT2D eigenvalue weighted by atomic mass is 10.1. The number of hydrogen-bond donors (Lipinski definition) is 1. The summed E-state index contributed by atoms with van der Waals surface area (Å²) < 4.78 is 1.90. The van der Waals surface area contributed by atoms with E-state index in [-0.39, 0.29) is 5.91 Å². The van der Waals surface area contributed by atoms with Crippen molar-refractivity contribution in [2.45, 2.75) is 25.8 Å². The molecular formula is C15H20N4O. The fraction of sp³-hybridized carbons (Fsp3) is 0.467. The van der Waals surface area contributed by atoms with E-state index >= 15 is 0 Å². The molecular weight excluding hydrogens is 252 g/mol. The summed E-state index contributed by atoms with van der Waals surface area (Å²) in [7, 11) is 1.95. The number of rotatable bonds is 2. The second kappa shape index (κ2) is 5.25. The lowest BCUT2D eigenvalue weighted by Crippen LogP contribution is -2.47. The third kappa shape index (κ3) is 2.41. The van der Waals surface area contributed by atoms with E-state index in [1.165, 1.54) is 0 Å². The molecule has 1 aliphatic heterocycles. The first-order valence-corrected chi connectivity index (χ1v) is 7.09. The largest absolute Gasteiger partial charge is 0.336 e. The average molecular weight is 272 g/mol. The van der Waals surface area contributed by atoms with E-state index in [9.17, 15) is 4.79 Å². The van der Waals surface area contributed by atoms with Gasteiger partial charge in [-0.15, -0.1) is 0 Å². The van der Waals surface area contributed by atoms with Gasteiger partial charge in [0, 0.05) is 31.5 Å². The van der Waals surface area contributed by atoms with Gasteiger partial charge in [0.05, 0.1) is 0 Å². The molecule has 0 saturated carbocycles. The van der Waals surface area contributed by atoms with E-state index in [1.54, 1.807) is 0 Å². The fourth-order valence-corrected chi connectivity index (χ4v) is 2.75. The third-order valence-electron chi connectivity index (χ3n) is 3.95. The molecule has 1 saturated heterocycles. The first-order valence-electron chi connectivity index (χ1n) is 7.09. The highest BCUT2D eigenvalue weighted by atomic mass is 16.2. The van der Waals surface area contributed by atoms with Gasteiger partial charge in [-0.3, -0.25) is 4.79 Å². The third-order valence-corrected chi connectivity index (χ3v) is 3.95. The van der Waals surface area contributed by atoms with Crippen molar-refractivity contribution in [1.82, 2.24) is 19.6 Å². The second-order valence-corrected chi connectivity index (χ2v) is 5.47. The normalized spacial score (nSPS) is 19.5. The van der Waals surface area contributed by atoms with Crippen molar-refractivity contribution in [2.75, 3.05) is 20.1 Å². The number of piperidine rings is 1. The minimum absolute atomic E-state index is 0.0336. The molecule has 106 valence electrons. The maximum Gasteiger partial charge on any atom is 0.274 e. The van der Waals surface area contributed by atoms with Crippen LogP contribution in [0.1, 0.15) is 28.9 Å². The van der Waals surface area contributed by atoms with E-state index < -0.39 is 0 Å². The summed E-state index contributed by atoms with van der Waals surface area (Å²) in [6.07, 6.45) is 5.94. The molecule has 0 spiro atoms. The standard InChI is InChI=1S/C15H20N4O/c1-11-5-7-18-10-13(17-14(18)8-11)15(20)19-6-3-4-12(9-19)16-2/h5,7-8,10,12,16H,3-4,6,9H2,1-2H3. The van der Waals surface area contributed by atoms with E-state index in [2.05, 4.69) is 10.3 Å². The van der Waals surface area contributed by atoms with Gasteiger partial charge in [0.25, 0.3) is 5.91 Å². The van der Waals surface area contributed by atoms with Crippen LogP contribution in [0.25, 0.3) is 5.65 Å². The van der Waals surface area contributed by atoms with Crippen LogP contribution in [0.4, 0.5) is 0 Å². The number of fused-ring (bicyclic) bond motifs is 1. The quantitative estimate of drug-likeness (QED) is 0.900. The predicted octanol–water partition coefficient (Wildman–Crippen LogP) is 1.47. The molecule has 1 N–H and O–H groups in total. The first kappa shape index (κ1) is 13.1. The van der Waals surface area contributed by atoms with E-state index in [4.69, 9.17) is 0 Å². The molecule has 2 aromatic rings. The molecule has 1 amide bonds. The Labute approximate surface area is 118 Å². The maximum atomic E-state index is 12.5. The number of carbonyl (C=O) groups is 1. The van der Waals surface area contributed by atoms with Crippen LogP contribution in [0.3, 0.4) is 0 Å². The van der Waals surface area contributed by atoms with Crippen molar-refractivity contribution >= 4 is 11.6 Å². The van der Waals surface area contributed by atoms with E-state index in [0.29, 0.717) is 11.7 Å². The number of likely N-dealkylation sites (N-methyl/N-ethyl adjacent to an activating group) is 1. The van der Waals surface area contributed by atoms with Crippen LogP contribution in [-0.2, 0) is 0 Å². The van der Waals surface area contributed by atoms with Gasteiger partial charge in [-0.25, -0.2) is 4.98 Å². The van der Waals surface area contributed by atoms with Crippen LogP contribution in [0.5, 0.6) is 0 Å². The SMILES string of the molecule is CNC1CCCN(C(=O)c2cn3ccc(C)cc3n2)C1. The van der Waals surface area contributed by atoms with Crippen molar-refractivity contribution < 1.29 is 4.79 Å². The summed E-state index contributed by atoms with van der Waals surface area (Å²) in [6.45, 7) is 3.62. The van der Waals surface area contributed by atoms with Crippen molar-refractivity contribution in [3.05, 3.63) is 35.8 Å². The first-order chi connectivity index (χ1) is 9.67. The summed E-state index contributed by atoms with van der Waals surface area (Å²) in [5.41, 5.74) is 2.51. The zero-order valence-corrected chi connectivity index (χ0v) is 12.0. The van der Waals surface area contributed by atoms with Crippen LogP contribution in [0.2, 0.25) is 0 Å². The summed E-state index contributed by atoms with van der Waals surface area (Å²) >= 11 is 0. The maximum absolute atomic E-state index is 12.5. The average Bonchev–Trinajstić information content (AvgIpc) is 2.89. The molecule has 2 aromatic heterocycles. The summed E-state index contributed by atoms with van der Waals surface area (Å²) in [6, 6.07) is 4.40. The molecule has 20 heavy (non-hydrogen) atoms.